The van der Waals surface area contributed by atoms with Gasteiger partial charge < -0.3 is 15.4 Å². The lowest BCUT2D eigenvalue weighted by molar-refractivity contribution is -0.130. The van der Waals surface area contributed by atoms with Gasteiger partial charge >= 0.3 is 5.97 Å². The van der Waals surface area contributed by atoms with Crippen molar-refractivity contribution >= 4 is 23.5 Å². The lowest BCUT2D eigenvalue weighted by atomic mass is 9.83. The zero-order valence-electron chi connectivity index (χ0n) is 15.0. The summed E-state index contributed by atoms with van der Waals surface area (Å²) in [6, 6.07) is 8.38. The average molecular weight is 357 g/mol. The van der Waals surface area contributed by atoms with Gasteiger partial charge in [0.15, 0.2) is 6.10 Å². The van der Waals surface area contributed by atoms with E-state index in [0.29, 0.717) is 18.5 Å². The number of nitrogens with zero attached hydrogens (tertiary/aromatic N) is 1. The molecule has 1 fully saturated rings. The summed E-state index contributed by atoms with van der Waals surface area (Å²) in [5.41, 5.74) is -0.0322. The van der Waals surface area contributed by atoms with Gasteiger partial charge in [-0.05, 0) is 44.0 Å². The normalized spacial score (nSPS) is 16.7. The van der Waals surface area contributed by atoms with Crippen LogP contribution in [0.5, 0.6) is 0 Å². The lowest BCUT2D eigenvalue weighted by Gasteiger charge is -2.32. The van der Waals surface area contributed by atoms with E-state index in [9.17, 15) is 19.6 Å². The molecule has 0 aliphatic heterocycles. The SMILES string of the molecule is CC(=O)Nc1ccc(C(=O)O[C@H](C)C(=O)NC2(C#N)CCCCC2)cc1. The van der Waals surface area contributed by atoms with E-state index < -0.39 is 23.5 Å². The number of esters is 1. The topological polar surface area (TPSA) is 108 Å². The maximum Gasteiger partial charge on any atom is 0.338 e. The zero-order chi connectivity index (χ0) is 19.2. The Morgan fingerprint density at radius 1 is 1.15 bits per heavy atom. The standard InChI is InChI=1S/C19H23N3O4/c1-13(17(24)22-19(12-20)10-4-3-5-11-19)26-18(25)15-6-8-16(9-7-15)21-14(2)23/h6-9,13H,3-5,10-11H2,1-2H3,(H,21,23)(H,22,24)/t13-/m1/s1. The van der Waals surface area contributed by atoms with Gasteiger partial charge in [0.25, 0.3) is 5.91 Å². The minimum Gasteiger partial charge on any atom is -0.449 e. The highest BCUT2D eigenvalue weighted by Gasteiger charge is 2.35. The van der Waals surface area contributed by atoms with E-state index in [-0.39, 0.29) is 11.5 Å². The van der Waals surface area contributed by atoms with Crippen LogP contribution in [0.3, 0.4) is 0 Å². The van der Waals surface area contributed by atoms with Crippen molar-refractivity contribution in [1.29, 1.82) is 5.26 Å². The van der Waals surface area contributed by atoms with Crippen molar-refractivity contribution in [3.8, 4) is 6.07 Å². The molecule has 0 bridgehead atoms. The van der Waals surface area contributed by atoms with E-state index in [4.69, 9.17) is 4.74 Å². The first-order valence-corrected chi connectivity index (χ1v) is 8.67. The number of carbonyl (C=O) groups is 3. The highest BCUT2D eigenvalue weighted by molar-refractivity contribution is 5.94. The minimum absolute atomic E-state index is 0.209. The van der Waals surface area contributed by atoms with Crippen LogP contribution in [0, 0.1) is 11.3 Å². The number of carbonyl (C=O) groups excluding carboxylic acids is 3. The molecule has 1 saturated carbocycles. The Morgan fingerprint density at radius 2 is 1.77 bits per heavy atom. The summed E-state index contributed by atoms with van der Waals surface area (Å²) in [5, 5.41) is 14.8. The molecular weight excluding hydrogens is 334 g/mol. The van der Waals surface area contributed by atoms with Crippen molar-refractivity contribution in [3.63, 3.8) is 0 Å². The van der Waals surface area contributed by atoms with E-state index in [2.05, 4.69) is 16.7 Å². The van der Waals surface area contributed by atoms with E-state index in [1.165, 1.54) is 26.0 Å². The van der Waals surface area contributed by atoms with Gasteiger partial charge in [-0.25, -0.2) is 4.79 Å². The molecule has 7 nitrogen and oxygen atoms in total. The number of hydrogen-bond acceptors (Lipinski definition) is 5. The average Bonchev–Trinajstić information content (AvgIpc) is 2.62. The van der Waals surface area contributed by atoms with Crippen LogP contribution in [0.25, 0.3) is 0 Å². The van der Waals surface area contributed by atoms with Gasteiger partial charge in [-0.1, -0.05) is 19.3 Å². The molecule has 26 heavy (non-hydrogen) atoms. The largest absolute Gasteiger partial charge is 0.449 e. The summed E-state index contributed by atoms with van der Waals surface area (Å²) in [4.78, 5) is 35.5. The molecule has 7 heteroatoms. The Balaban J connectivity index is 1.94. The molecule has 1 aromatic rings. The highest BCUT2D eigenvalue weighted by atomic mass is 16.5. The number of amides is 2. The van der Waals surface area contributed by atoms with Gasteiger partial charge in [0.1, 0.15) is 5.54 Å². The van der Waals surface area contributed by atoms with Crippen LogP contribution < -0.4 is 10.6 Å². The lowest BCUT2D eigenvalue weighted by Crippen LogP contribution is -2.52. The predicted molar refractivity (Wildman–Crippen MR) is 95.2 cm³/mol. The first-order chi connectivity index (χ1) is 12.3. The molecule has 1 aliphatic carbocycles. The number of nitrogens with one attached hydrogen (secondary N) is 2. The first kappa shape index (κ1) is 19.4. The van der Waals surface area contributed by atoms with Gasteiger partial charge in [-0.3, -0.25) is 9.59 Å². The van der Waals surface area contributed by atoms with Crippen molar-refractivity contribution < 1.29 is 19.1 Å². The highest BCUT2D eigenvalue weighted by Crippen LogP contribution is 2.27. The molecule has 0 aromatic heterocycles. The van der Waals surface area contributed by atoms with Crippen molar-refractivity contribution in [2.24, 2.45) is 0 Å². The van der Waals surface area contributed by atoms with Crippen LogP contribution in [-0.4, -0.2) is 29.4 Å². The number of nitriles is 1. The fourth-order valence-electron chi connectivity index (χ4n) is 2.93. The van der Waals surface area contributed by atoms with Gasteiger partial charge in [-0.2, -0.15) is 5.26 Å². The summed E-state index contributed by atoms with van der Waals surface area (Å²) in [6.45, 7) is 2.87. The monoisotopic (exact) mass is 357 g/mol. The van der Waals surface area contributed by atoms with Gasteiger partial charge in [0.2, 0.25) is 5.91 Å². The Kier molecular flexibility index (Phi) is 6.34. The molecule has 2 rings (SSSR count). The second-order valence-electron chi connectivity index (χ2n) is 6.55. The molecule has 1 atom stereocenters. The third-order valence-corrected chi connectivity index (χ3v) is 4.38. The number of hydrogen-bond donors (Lipinski definition) is 2. The molecule has 138 valence electrons. The molecule has 1 aromatic carbocycles. The fourth-order valence-corrected chi connectivity index (χ4v) is 2.93. The molecule has 0 spiro atoms. The predicted octanol–water partition coefficient (Wildman–Crippen LogP) is 2.53. The van der Waals surface area contributed by atoms with Crippen LogP contribution in [0.15, 0.2) is 24.3 Å². The van der Waals surface area contributed by atoms with Gasteiger partial charge in [-0.15, -0.1) is 0 Å². The molecular formula is C19H23N3O4. The summed E-state index contributed by atoms with van der Waals surface area (Å²) in [5.74, 6) is -1.33. The molecule has 0 radical (unpaired) electrons. The van der Waals surface area contributed by atoms with Crippen molar-refractivity contribution in [1.82, 2.24) is 5.32 Å². The Labute approximate surface area is 152 Å². The summed E-state index contributed by atoms with van der Waals surface area (Å²) >= 11 is 0. The number of anilines is 1. The molecule has 1 aliphatic rings. The molecule has 0 saturated heterocycles. The third-order valence-electron chi connectivity index (χ3n) is 4.38. The van der Waals surface area contributed by atoms with Crippen LogP contribution in [0.4, 0.5) is 5.69 Å². The minimum atomic E-state index is -1.01. The van der Waals surface area contributed by atoms with Crippen molar-refractivity contribution in [3.05, 3.63) is 29.8 Å². The summed E-state index contributed by atoms with van der Waals surface area (Å²) in [7, 11) is 0. The van der Waals surface area contributed by atoms with Crippen LogP contribution in [0.1, 0.15) is 56.3 Å². The zero-order valence-corrected chi connectivity index (χ0v) is 15.0. The fraction of sp³-hybridized carbons (Fsp3) is 0.474. The van der Waals surface area contributed by atoms with Gasteiger partial charge in [0, 0.05) is 12.6 Å². The van der Waals surface area contributed by atoms with Crippen LogP contribution >= 0.6 is 0 Å². The maximum atomic E-state index is 12.3. The van der Waals surface area contributed by atoms with Crippen molar-refractivity contribution in [2.75, 3.05) is 5.32 Å². The van der Waals surface area contributed by atoms with E-state index in [1.54, 1.807) is 12.1 Å². The Morgan fingerprint density at radius 3 is 2.31 bits per heavy atom. The maximum absolute atomic E-state index is 12.3. The number of rotatable bonds is 5. The van der Waals surface area contributed by atoms with Crippen LogP contribution in [-0.2, 0) is 14.3 Å². The molecule has 2 N–H and O–H groups in total. The van der Waals surface area contributed by atoms with E-state index in [0.717, 1.165) is 19.3 Å². The second-order valence-corrected chi connectivity index (χ2v) is 6.55. The summed E-state index contributed by atoms with van der Waals surface area (Å²) in [6.07, 6.45) is 3.05. The second kappa shape index (κ2) is 8.48. The van der Waals surface area contributed by atoms with Crippen molar-refractivity contribution in [2.45, 2.75) is 57.6 Å². The Bertz CT molecular complexity index is 715. The molecule has 0 unspecified atom stereocenters. The smallest absolute Gasteiger partial charge is 0.338 e. The van der Waals surface area contributed by atoms with E-state index >= 15 is 0 Å². The third kappa shape index (κ3) is 5.06. The Hall–Kier alpha value is -2.88. The number of ether oxygens (including phenoxy) is 1. The first-order valence-electron chi connectivity index (χ1n) is 8.67. The quantitative estimate of drug-likeness (QED) is 0.787. The molecule has 0 heterocycles. The number of benzene rings is 1. The molecule has 2 amide bonds. The van der Waals surface area contributed by atoms with Gasteiger partial charge in [0.05, 0.1) is 11.6 Å². The van der Waals surface area contributed by atoms with Crippen LogP contribution in [0.2, 0.25) is 0 Å². The van der Waals surface area contributed by atoms with E-state index in [1.807, 2.05) is 0 Å². The summed E-state index contributed by atoms with van der Waals surface area (Å²) < 4.78 is 5.20.